The van der Waals surface area contributed by atoms with Gasteiger partial charge in [-0.3, -0.25) is 42.1 Å². The van der Waals surface area contributed by atoms with Crippen LogP contribution in [0.25, 0.3) is 0 Å². The van der Waals surface area contributed by atoms with Gasteiger partial charge in [-0.25, -0.2) is 0 Å². The molecule has 0 saturated carbocycles. The molecule has 0 bridgehead atoms. The molecular formula is H14O27S5V2-10. The van der Waals surface area contributed by atoms with Gasteiger partial charge in [0.1, 0.15) is 0 Å². The van der Waals surface area contributed by atoms with E-state index in [0.29, 0.717) is 0 Å². The molecule has 0 saturated heterocycles. The molecule has 0 atom stereocenters. The molecule has 27 nitrogen and oxygen atoms in total. The maximum Gasteiger partial charge on any atom is 0.0311 e. The molecule has 0 aromatic rings. The van der Waals surface area contributed by atoms with Gasteiger partial charge < -0.3 is 83.9 Å². The van der Waals surface area contributed by atoms with Gasteiger partial charge in [0, 0.05) is 89.1 Å². The van der Waals surface area contributed by atoms with Crippen LogP contribution in [-0.2, 0) is 89.1 Å². The molecule has 0 aliphatic rings. The van der Waals surface area contributed by atoms with Crippen LogP contribution in [0.1, 0.15) is 0 Å². The Bertz CT molecular complexity index is 621. The Hall–Kier alpha value is 0.239. The number of hydrogen-bond donors (Lipinski definition) is 0. The predicted molar refractivity (Wildman–Crippen MR) is 77.7 cm³/mol. The van der Waals surface area contributed by atoms with Crippen molar-refractivity contribution in [3.05, 3.63) is 0 Å². The monoisotopic (exact) mass is 708 g/mol. The van der Waals surface area contributed by atoms with Crippen LogP contribution < -0.4 is 0 Å². The summed E-state index contributed by atoms with van der Waals surface area (Å²) in [5.41, 5.74) is 0. The van der Waals surface area contributed by atoms with Gasteiger partial charge in [0.15, 0.2) is 0 Å². The first-order chi connectivity index (χ1) is 10.0. The zero-order valence-electron chi connectivity index (χ0n) is 14.6. The fraction of sp³-hybridized carbons (Fsp3) is 0. The van der Waals surface area contributed by atoms with Crippen LogP contribution in [0.3, 0.4) is 0 Å². The van der Waals surface area contributed by atoms with E-state index < -0.39 is 52.0 Å². The minimum absolute atomic E-state index is 0. The molecule has 0 aliphatic heterocycles. The van der Waals surface area contributed by atoms with Crippen LogP contribution in [0, 0.1) is 0 Å². The molecule has 34 heteroatoms. The molecule has 0 spiro atoms. The first-order valence-corrected chi connectivity index (χ1v) is 10.0. The van der Waals surface area contributed by atoms with Crippen molar-refractivity contribution < 1.29 is 163 Å². The van der Waals surface area contributed by atoms with E-state index in [2.05, 4.69) is 0 Å². The van der Waals surface area contributed by atoms with Crippen molar-refractivity contribution in [2.45, 2.75) is 0 Å². The maximum atomic E-state index is 8.52. The Kier molecular flexibility index (Phi) is 103. The second-order valence-corrected chi connectivity index (χ2v) is 6.12. The van der Waals surface area contributed by atoms with Crippen molar-refractivity contribution >= 4 is 52.0 Å². The van der Waals surface area contributed by atoms with Gasteiger partial charge in [-0.05, 0) is 0 Å². The molecule has 0 fully saturated rings. The molecule has 0 heterocycles. The number of hydrogen-bond acceptors (Lipinski definition) is 20. The third kappa shape index (κ3) is 552000. The van der Waals surface area contributed by atoms with Crippen LogP contribution in [0.4, 0.5) is 0 Å². The fourth-order valence-electron chi connectivity index (χ4n) is 0. The van der Waals surface area contributed by atoms with E-state index in [-0.39, 0.29) is 75.4 Å². The van der Waals surface area contributed by atoms with Crippen molar-refractivity contribution in [1.29, 1.82) is 0 Å². The third-order valence-electron chi connectivity index (χ3n) is 0. The topological polar surface area (TPSA) is 622 Å². The van der Waals surface area contributed by atoms with Gasteiger partial charge in [0.25, 0.3) is 0 Å². The van der Waals surface area contributed by atoms with E-state index in [9.17, 15) is 0 Å². The van der Waals surface area contributed by atoms with E-state index in [4.69, 9.17) is 87.6 Å². The summed E-state index contributed by atoms with van der Waals surface area (Å²) in [4.78, 5) is 0. The Morgan fingerprint density at radius 1 is 0.235 bits per heavy atom. The average Bonchev–Trinajstić information content (AvgIpc) is 1.79. The summed E-state index contributed by atoms with van der Waals surface area (Å²) in [5.74, 6) is 0. The van der Waals surface area contributed by atoms with Crippen LogP contribution in [0.2, 0.25) is 0 Å². The quantitative estimate of drug-likeness (QED) is 0.166. The van der Waals surface area contributed by atoms with Crippen molar-refractivity contribution in [2.24, 2.45) is 0 Å². The van der Waals surface area contributed by atoms with Gasteiger partial charge >= 0.3 is 0 Å². The van der Waals surface area contributed by atoms with E-state index in [1.165, 1.54) is 0 Å². The van der Waals surface area contributed by atoms with Crippen LogP contribution in [-0.4, -0.2) is 126 Å². The van der Waals surface area contributed by atoms with Gasteiger partial charge in [-0.2, -0.15) is 0 Å². The second kappa shape index (κ2) is 37.8. The van der Waals surface area contributed by atoms with E-state index in [0.717, 1.165) is 0 Å². The average molecular weight is 708 g/mol. The summed E-state index contributed by atoms with van der Waals surface area (Å²) in [6.45, 7) is 0. The number of rotatable bonds is 0. The van der Waals surface area contributed by atoms with E-state index >= 15 is 0 Å². The van der Waals surface area contributed by atoms with Crippen molar-refractivity contribution in [3.8, 4) is 0 Å². The smallest absolute Gasteiger partial charge is 0.0311 e. The molecule has 0 aromatic heterocycles. The second-order valence-electron chi connectivity index (χ2n) is 2.04. The largest absolute Gasteiger partial charge is 0.759 e. The zero-order valence-corrected chi connectivity index (χ0v) is 21.5. The molecule has 0 aromatic carbocycles. The SMILES string of the molecule is O.O.O.O.O.O.O.O=S(=O)([O-])[O-].O=S(=O)([O-])[O-].O=S(=O)([O-])[O-].O=S(=O)([O-])[O-].O=S(=O)([O-])[O-].[V].[V]. The predicted octanol–water partition coefficient (Wildman–Crippen LogP) is -12.5. The normalized spacial score (nSPS) is 8.53. The zero-order chi connectivity index (χ0) is 22.5. The summed E-state index contributed by atoms with van der Waals surface area (Å²) in [7, 11) is -25.8. The summed E-state index contributed by atoms with van der Waals surface area (Å²) in [6.07, 6.45) is 0. The van der Waals surface area contributed by atoms with Crippen molar-refractivity contribution in [3.63, 3.8) is 0 Å². The molecule has 14 N–H and O–H groups in total. The van der Waals surface area contributed by atoms with Crippen molar-refractivity contribution in [2.75, 3.05) is 0 Å². The molecule has 2 radical (unpaired) electrons. The van der Waals surface area contributed by atoms with Crippen LogP contribution in [0.5, 0.6) is 0 Å². The summed E-state index contributed by atoms with van der Waals surface area (Å²) in [5, 5.41) is 0. The van der Waals surface area contributed by atoms with Crippen LogP contribution >= 0.6 is 0 Å². The van der Waals surface area contributed by atoms with Crippen LogP contribution in [0.15, 0.2) is 0 Å². The first-order valence-electron chi connectivity index (χ1n) is 3.33. The van der Waals surface area contributed by atoms with Gasteiger partial charge in [0.2, 0.25) is 0 Å². The molecule has 34 heavy (non-hydrogen) atoms. The molecular weight excluding hydrogens is 694 g/mol. The minimum atomic E-state index is -5.17. The van der Waals surface area contributed by atoms with Crippen molar-refractivity contribution in [1.82, 2.24) is 0 Å². The third-order valence-corrected chi connectivity index (χ3v) is 0. The van der Waals surface area contributed by atoms with E-state index in [1.807, 2.05) is 0 Å². The molecule has 0 unspecified atom stereocenters. The summed E-state index contributed by atoms with van der Waals surface area (Å²) < 4.78 is 170. The standard InChI is InChI=1S/5H2O4S.7H2O.2V/c5*1-5(2,3)4;;;;;;;;;/h5*(H2,1,2,3,4);7*1H2;;/p-10. The molecule has 0 amide bonds. The Labute approximate surface area is 214 Å². The first kappa shape index (κ1) is 92.4. The molecule has 0 aliphatic carbocycles. The van der Waals surface area contributed by atoms with Gasteiger partial charge in [-0.15, -0.1) is 0 Å². The minimum Gasteiger partial charge on any atom is -0.759 e. The molecule has 226 valence electrons. The Balaban J connectivity index is -0.0000000115. The fourth-order valence-corrected chi connectivity index (χ4v) is 0. The van der Waals surface area contributed by atoms with Gasteiger partial charge in [0.05, 0.1) is 0 Å². The van der Waals surface area contributed by atoms with E-state index in [1.54, 1.807) is 0 Å². The summed E-state index contributed by atoms with van der Waals surface area (Å²) >= 11 is 0. The Morgan fingerprint density at radius 3 is 0.235 bits per heavy atom. The molecule has 0 rings (SSSR count). The van der Waals surface area contributed by atoms with Gasteiger partial charge in [-0.1, -0.05) is 0 Å². The Morgan fingerprint density at radius 2 is 0.235 bits per heavy atom. The summed E-state index contributed by atoms with van der Waals surface area (Å²) in [6, 6.07) is 0. The maximum absolute atomic E-state index is 8.52.